The summed E-state index contributed by atoms with van der Waals surface area (Å²) in [6.45, 7) is 5.70. The number of aromatic nitrogens is 4. The van der Waals surface area contributed by atoms with Crippen molar-refractivity contribution in [1.29, 1.82) is 0 Å². The summed E-state index contributed by atoms with van der Waals surface area (Å²) in [5.41, 5.74) is 3.82. The van der Waals surface area contributed by atoms with Crippen molar-refractivity contribution in [3.05, 3.63) is 61.0 Å². The molecule has 5 rings (SSSR count). The van der Waals surface area contributed by atoms with E-state index >= 15 is 0 Å². The first-order valence-electron chi connectivity index (χ1n) is 10.4. The molecule has 7 heteroatoms. The van der Waals surface area contributed by atoms with E-state index in [1.165, 1.54) is 15.7 Å². The normalized spacial score (nSPS) is 16.7. The molecule has 0 N–H and O–H groups in total. The Morgan fingerprint density at radius 3 is 2.24 bits per heavy atom. The van der Waals surface area contributed by atoms with Gasteiger partial charge in [0.25, 0.3) is 5.56 Å². The third-order valence-electron chi connectivity index (χ3n) is 6.26. The minimum absolute atomic E-state index is 0.242. The predicted octanol–water partition coefficient (Wildman–Crippen LogP) is 3.50. The fourth-order valence-corrected chi connectivity index (χ4v) is 4.16. The van der Waals surface area contributed by atoms with Crippen LogP contribution < -0.4 is 11.2 Å². The Morgan fingerprint density at radius 1 is 0.966 bits per heavy atom. The average Bonchev–Trinajstić information content (AvgIpc) is 3.60. The first kappa shape index (κ1) is 18.7. The number of aryl methyl sites for hydroxylation is 2. The van der Waals surface area contributed by atoms with E-state index < -0.39 is 0 Å². The van der Waals surface area contributed by atoms with E-state index in [0.717, 1.165) is 31.2 Å². The van der Waals surface area contributed by atoms with Crippen molar-refractivity contribution in [1.82, 2.24) is 18.7 Å². The first-order valence-corrected chi connectivity index (χ1v) is 10.8. The van der Waals surface area contributed by atoms with Crippen LogP contribution in [-0.4, -0.2) is 18.7 Å². The van der Waals surface area contributed by atoms with E-state index in [1.54, 1.807) is 9.13 Å². The van der Waals surface area contributed by atoms with E-state index in [0.29, 0.717) is 42.6 Å². The van der Waals surface area contributed by atoms with E-state index in [-0.39, 0.29) is 16.5 Å². The summed E-state index contributed by atoms with van der Waals surface area (Å²) in [5, 5.41) is 0.253. The van der Waals surface area contributed by atoms with E-state index in [1.807, 2.05) is 6.07 Å². The lowest BCUT2D eigenvalue weighted by Crippen LogP contribution is -2.41. The summed E-state index contributed by atoms with van der Waals surface area (Å²) in [4.78, 5) is 30.9. The Balaban J connectivity index is 1.69. The van der Waals surface area contributed by atoms with Gasteiger partial charge in [-0.3, -0.25) is 13.9 Å². The maximum absolute atomic E-state index is 13.3. The number of rotatable bonds is 6. The third kappa shape index (κ3) is 3.44. The van der Waals surface area contributed by atoms with Gasteiger partial charge in [0.2, 0.25) is 5.28 Å². The molecule has 1 aromatic carbocycles. The van der Waals surface area contributed by atoms with Crippen LogP contribution in [0.25, 0.3) is 11.2 Å². The number of fused-ring (bicyclic) bond motifs is 1. The molecule has 2 aromatic heterocycles. The van der Waals surface area contributed by atoms with Crippen LogP contribution in [0.2, 0.25) is 5.28 Å². The highest BCUT2D eigenvalue weighted by Crippen LogP contribution is 2.32. The molecule has 152 valence electrons. The van der Waals surface area contributed by atoms with Gasteiger partial charge in [-0.1, -0.05) is 18.2 Å². The Labute approximate surface area is 173 Å². The van der Waals surface area contributed by atoms with E-state index in [4.69, 9.17) is 11.6 Å². The van der Waals surface area contributed by atoms with Gasteiger partial charge in [-0.2, -0.15) is 4.98 Å². The van der Waals surface area contributed by atoms with Gasteiger partial charge >= 0.3 is 5.69 Å². The van der Waals surface area contributed by atoms with Crippen LogP contribution in [0.15, 0.2) is 27.8 Å². The molecule has 0 saturated heterocycles. The monoisotopic (exact) mass is 412 g/mol. The zero-order chi connectivity index (χ0) is 20.3. The predicted molar refractivity (Wildman–Crippen MR) is 114 cm³/mol. The molecule has 0 bridgehead atoms. The largest absolute Gasteiger partial charge is 0.332 e. The van der Waals surface area contributed by atoms with Crippen LogP contribution in [0, 0.1) is 25.7 Å². The topological polar surface area (TPSA) is 61.8 Å². The number of hydrogen-bond donors (Lipinski definition) is 0. The summed E-state index contributed by atoms with van der Waals surface area (Å²) in [6, 6.07) is 6.24. The van der Waals surface area contributed by atoms with Gasteiger partial charge in [-0.25, -0.2) is 4.79 Å². The van der Waals surface area contributed by atoms with Gasteiger partial charge in [0.05, 0.1) is 6.54 Å². The van der Waals surface area contributed by atoms with Gasteiger partial charge in [-0.15, -0.1) is 0 Å². The number of halogens is 1. The molecule has 0 aliphatic heterocycles. The van der Waals surface area contributed by atoms with Crippen LogP contribution in [0.5, 0.6) is 0 Å². The quantitative estimate of drug-likeness (QED) is 0.582. The maximum atomic E-state index is 13.3. The summed E-state index contributed by atoms with van der Waals surface area (Å²) >= 11 is 6.50. The Kier molecular flexibility index (Phi) is 4.42. The highest BCUT2D eigenvalue weighted by atomic mass is 35.5. The number of hydrogen-bond acceptors (Lipinski definition) is 3. The number of nitrogens with zero attached hydrogens (tertiary/aromatic N) is 4. The lowest BCUT2D eigenvalue weighted by molar-refractivity contribution is 0.519. The Morgan fingerprint density at radius 2 is 1.62 bits per heavy atom. The van der Waals surface area contributed by atoms with Gasteiger partial charge < -0.3 is 4.57 Å². The first-order chi connectivity index (χ1) is 13.9. The molecule has 6 nitrogen and oxygen atoms in total. The highest BCUT2D eigenvalue weighted by Gasteiger charge is 2.29. The van der Waals surface area contributed by atoms with Gasteiger partial charge in [0.1, 0.15) is 0 Å². The molecule has 3 aromatic rings. The molecule has 0 atom stereocenters. The Hall–Kier alpha value is -2.34. The van der Waals surface area contributed by atoms with Crippen molar-refractivity contribution in [2.75, 3.05) is 0 Å². The SMILES string of the molecule is Cc1ccc(Cn2c(Cl)nc3c2c(=O)n(CC2CC2)c(=O)n3CC2CC2)cc1C. The second-order valence-electron chi connectivity index (χ2n) is 8.75. The van der Waals surface area contributed by atoms with Crippen LogP contribution in [0.4, 0.5) is 0 Å². The van der Waals surface area contributed by atoms with Crippen LogP contribution in [-0.2, 0) is 19.6 Å². The lowest BCUT2D eigenvalue weighted by Gasteiger charge is -2.12. The molecule has 2 heterocycles. The van der Waals surface area contributed by atoms with Crippen molar-refractivity contribution in [3.63, 3.8) is 0 Å². The fourth-order valence-electron chi connectivity index (χ4n) is 3.94. The molecule has 2 fully saturated rings. The van der Waals surface area contributed by atoms with E-state index in [2.05, 4.69) is 31.0 Å². The van der Waals surface area contributed by atoms with Gasteiger partial charge in [-0.05, 0) is 79.7 Å². The standard InChI is InChI=1S/C22H25ClN4O2/c1-13-3-4-17(9-14(13)2)12-25-18-19(24-21(25)23)26(10-15-5-6-15)22(29)27(20(18)28)11-16-7-8-16/h3-4,9,15-16H,5-8,10-12H2,1-2H3. The zero-order valence-electron chi connectivity index (χ0n) is 16.8. The number of imidazole rings is 1. The van der Waals surface area contributed by atoms with Gasteiger partial charge in [0.15, 0.2) is 11.2 Å². The van der Waals surface area contributed by atoms with Crippen molar-refractivity contribution >= 4 is 22.8 Å². The zero-order valence-corrected chi connectivity index (χ0v) is 17.6. The second-order valence-corrected chi connectivity index (χ2v) is 9.09. The van der Waals surface area contributed by atoms with E-state index in [9.17, 15) is 9.59 Å². The van der Waals surface area contributed by atoms with Gasteiger partial charge in [0, 0.05) is 13.1 Å². The summed E-state index contributed by atoms with van der Waals surface area (Å²) in [6.07, 6.45) is 4.39. The van der Waals surface area contributed by atoms with Crippen molar-refractivity contribution in [2.24, 2.45) is 11.8 Å². The van der Waals surface area contributed by atoms with Crippen molar-refractivity contribution < 1.29 is 0 Å². The molecule has 0 unspecified atom stereocenters. The maximum Gasteiger partial charge on any atom is 0.332 e. The molecule has 2 aliphatic carbocycles. The number of benzene rings is 1. The lowest BCUT2D eigenvalue weighted by atomic mass is 10.1. The second kappa shape index (κ2) is 6.87. The Bertz CT molecular complexity index is 1230. The van der Waals surface area contributed by atoms with Crippen LogP contribution in [0.1, 0.15) is 42.4 Å². The molecule has 29 heavy (non-hydrogen) atoms. The molecule has 0 radical (unpaired) electrons. The molecular formula is C22H25ClN4O2. The molecule has 2 saturated carbocycles. The summed E-state index contributed by atoms with van der Waals surface area (Å²) < 4.78 is 4.85. The van der Waals surface area contributed by atoms with Crippen molar-refractivity contribution in [3.8, 4) is 0 Å². The molecular weight excluding hydrogens is 388 g/mol. The molecule has 0 amide bonds. The fraction of sp³-hybridized carbons (Fsp3) is 0.500. The third-order valence-corrected chi connectivity index (χ3v) is 6.54. The van der Waals surface area contributed by atoms with Crippen LogP contribution in [0.3, 0.4) is 0 Å². The average molecular weight is 413 g/mol. The minimum atomic E-state index is -0.271. The molecule has 2 aliphatic rings. The smallest absolute Gasteiger partial charge is 0.304 e. The molecule has 0 spiro atoms. The minimum Gasteiger partial charge on any atom is -0.304 e. The van der Waals surface area contributed by atoms with Crippen LogP contribution >= 0.6 is 11.6 Å². The summed E-state index contributed by atoms with van der Waals surface area (Å²) in [5.74, 6) is 0.922. The summed E-state index contributed by atoms with van der Waals surface area (Å²) in [7, 11) is 0. The highest BCUT2D eigenvalue weighted by molar-refractivity contribution is 6.29. The van der Waals surface area contributed by atoms with Crippen molar-refractivity contribution in [2.45, 2.75) is 59.2 Å².